The third kappa shape index (κ3) is 2.41. The lowest BCUT2D eigenvalue weighted by atomic mass is 10.0. The first-order valence-electron chi connectivity index (χ1n) is 4.99. The molecule has 74 valence electrons. The van der Waals surface area contributed by atoms with Gasteiger partial charge in [-0.2, -0.15) is 0 Å². The van der Waals surface area contributed by atoms with Gasteiger partial charge in [0.05, 0.1) is 11.8 Å². The van der Waals surface area contributed by atoms with Crippen LogP contribution in [-0.2, 0) is 0 Å². The molecule has 0 heterocycles. The van der Waals surface area contributed by atoms with Crippen LogP contribution in [0.3, 0.4) is 0 Å². The van der Waals surface area contributed by atoms with E-state index in [0.717, 1.165) is 25.0 Å². The summed E-state index contributed by atoms with van der Waals surface area (Å²) in [5.74, 6) is 0.601. The van der Waals surface area contributed by atoms with Crippen molar-refractivity contribution in [1.29, 1.82) is 0 Å². The van der Waals surface area contributed by atoms with Crippen LogP contribution in [0.25, 0.3) is 0 Å². The Morgan fingerprint density at radius 2 is 2.23 bits per heavy atom. The molecule has 2 heteroatoms. The standard InChI is InChI=1S/C11H19NO/c1-4-9-6-5-8(2)7-10(13)11(9)12-3/h4,8,10,13H,5-7H2,1-3H3/b9-4-,12-11?/t8-,10?/m1/s1. The van der Waals surface area contributed by atoms with Crippen molar-refractivity contribution < 1.29 is 5.11 Å². The van der Waals surface area contributed by atoms with Crippen LogP contribution in [0.15, 0.2) is 16.6 Å². The number of aliphatic imine (C=N–C) groups is 1. The number of hydrogen-bond donors (Lipinski definition) is 1. The maximum Gasteiger partial charge on any atom is 0.0960 e. The molecule has 0 aromatic heterocycles. The second kappa shape index (κ2) is 4.56. The first-order chi connectivity index (χ1) is 6.19. The molecule has 13 heavy (non-hydrogen) atoms. The number of rotatable bonds is 0. The molecule has 1 aliphatic rings. The molecule has 0 saturated heterocycles. The van der Waals surface area contributed by atoms with E-state index < -0.39 is 0 Å². The molecule has 1 aliphatic carbocycles. The second-order valence-corrected chi connectivity index (χ2v) is 3.82. The Hall–Kier alpha value is -0.630. The smallest absolute Gasteiger partial charge is 0.0960 e. The number of aliphatic hydroxyl groups excluding tert-OH is 1. The molecular weight excluding hydrogens is 162 g/mol. The fourth-order valence-corrected chi connectivity index (χ4v) is 1.94. The minimum Gasteiger partial charge on any atom is -0.387 e. The van der Waals surface area contributed by atoms with Gasteiger partial charge in [0.15, 0.2) is 0 Å². The normalized spacial score (nSPS) is 36.6. The lowest BCUT2D eigenvalue weighted by Crippen LogP contribution is -2.21. The molecule has 0 radical (unpaired) electrons. The van der Waals surface area contributed by atoms with Crippen molar-refractivity contribution >= 4 is 5.71 Å². The third-order valence-electron chi connectivity index (χ3n) is 2.77. The van der Waals surface area contributed by atoms with Crippen LogP contribution in [0.1, 0.15) is 33.1 Å². The van der Waals surface area contributed by atoms with Crippen molar-refractivity contribution in [1.82, 2.24) is 0 Å². The quantitative estimate of drug-likeness (QED) is 0.571. The summed E-state index contributed by atoms with van der Waals surface area (Å²) in [5, 5.41) is 9.85. The zero-order valence-corrected chi connectivity index (χ0v) is 8.75. The summed E-state index contributed by atoms with van der Waals surface area (Å²) in [6.07, 6.45) is 4.79. The Bertz CT molecular complexity index is 230. The molecule has 2 nitrogen and oxygen atoms in total. The van der Waals surface area contributed by atoms with Crippen LogP contribution in [0.4, 0.5) is 0 Å². The van der Waals surface area contributed by atoms with Crippen LogP contribution in [0.2, 0.25) is 0 Å². The van der Waals surface area contributed by atoms with Gasteiger partial charge in [-0.1, -0.05) is 13.0 Å². The van der Waals surface area contributed by atoms with Gasteiger partial charge in [-0.15, -0.1) is 0 Å². The zero-order chi connectivity index (χ0) is 9.84. The van der Waals surface area contributed by atoms with Gasteiger partial charge >= 0.3 is 0 Å². The zero-order valence-electron chi connectivity index (χ0n) is 8.75. The number of hydrogen-bond acceptors (Lipinski definition) is 2. The highest BCUT2D eigenvalue weighted by atomic mass is 16.3. The fraction of sp³-hybridized carbons (Fsp3) is 0.727. The largest absolute Gasteiger partial charge is 0.387 e. The van der Waals surface area contributed by atoms with E-state index in [4.69, 9.17) is 0 Å². The van der Waals surface area contributed by atoms with Crippen molar-refractivity contribution in [3.05, 3.63) is 11.6 Å². The number of allylic oxidation sites excluding steroid dienone is 1. The highest BCUT2D eigenvalue weighted by molar-refractivity contribution is 6.03. The van der Waals surface area contributed by atoms with Crippen molar-refractivity contribution in [2.75, 3.05) is 7.05 Å². The predicted octanol–water partition coefficient (Wildman–Crippen LogP) is 2.18. The average Bonchev–Trinajstić information content (AvgIpc) is 2.23. The van der Waals surface area contributed by atoms with E-state index in [9.17, 15) is 5.11 Å². The van der Waals surface area contributed by atoms with Gasteiger partial charge in [-0.05, 0) is 37.7 Å². The van der Waals surface area contributed by atoms with Crippen LogP contribution in [0, 0.1) is 5.92 Å². The van der Waals surface area contributed by atoms with Gasteiger partial charge in [0.2, 0.25) is 0 Å². The average molecular weight is 181 g/mol. The first kappa shape index (κ1) is 10.5. The summed E-state index contributed by atoms with van der Waals surface area (Å²) in [6, 6.07) is 0. The molecule has 1 unspecified atom stereocenters. The Morgan fingerprint density at radius 1 is 1.54 bits per heavy atom. The van der Waals surface area contributed by atoms with Crippen LogP contribution in [0.5, 0.6) is 0 Å². The highest BCUT2D eigenvalue weighted by Crippen LogP contribution is 2.25. The molecule has 1 saturated carbocycles. The maximum atomic E-state index is 9.85. The molecule has 0 spiro atoms. The number of nitrogens with zero attached hydrogens (tertiary/aromatic N) is 1. The van der Waals surface area contributed by atoms with Crippen LogP contribution in [-0.4, -0.2) is 24.0 Å². The van der Waals surface area contributed by atoms with Crippen molar-refractivity contribution in [2.45, 2.75) is 39.2 Å². The molecule has 2 atom stereocenters. The Labute approximate surface area is 80.4 Å². The van der Waals surface area contributed by atoms with Gasteiger partial charge < -0.3 is 5.11 Å². The summed E-state index contributed by atoms with van der Waals surface area (Å²) in [4.78, 5) is 4.17. The van der Waals surface area contributed by atoms with Crippen LogP contribution >= 0.6 is 0 Å². The van der Waals surface area contributed by atoms with Crippen molar-refractivity contribution in [3.8, 4) is 0 Å². The van der Waals surface area contributed by atoms with E-state index in [1.54, 1.807) is 7.05 Å². The molecular formula is C11H19NO. The molecule has 1 N–H and O–H groups in total. The lowest BCUT2D eigenvalue weighted by Gasteiger charge is -2.12. The molecule has 0 aliphatic heterocycles. The topological polar surface area (TPSA) is 32.6 Å². The van der Waals surface area contributed by atoms with Gasteiger partial charge in [0.25, 0.3) is 0 Å². The minimum atomic E-state index is -0.353. The molecule has 0 amide bonds. The maximum absolute atomic E-state index is 9.85. The Morgan fingerprint density at radius 3 is 2.77 bits per heavy atom. The van der Waals surface area contributed by atoms with Crippen LogP contribution < -0.4 is 0 Å². The minimum absolute atomic E-state index is 0.353. The lowest BCUT2D eigenvalue weighted by molar-refractivity contribution is 0.210. The van der Waals surface area contributed by atoms with E-state index in [1.165, 1.54) is 5.57 Å². The van der Waals surface area contributed by atoms with Crippen molar-refractivity contribution in [3.63, 3.8) is 0 Å². The monoisotopic (exact) mass is 181 g/mol. The van der Waals surface area contributed by atoms with E-state index in [1.807, 2.05) is 6.92 Å². The Kier molecular flexibility index (Phi) is 3.67. The third-order valence-corrected chi connectivity index (χ3v) is 2.77. The Balaban J connectivity index is 2.88. The molecule has 1 fully saturated rings. The summed E-state index contributed by atoms with van der Waals surface area (Å²) < 4.78 is 0. The highest BCUT2D eigenvalue weighted by Gasteiger charge is 2.22. The predicted molar refractivity (Wildman–Crippen MR) is 56.1 cm³/mol. The summed E-state index contributed by atoms with van der Waals surface area (Å²) in [6.45, 7) is 4.21. The summed E-state index contributed by atoms with van der Waals surface area (Å²) in [7, 11) is 1.76. The van der Waals surface area contributed by atoms with E-state index >= 15 is 0 Å². The molecule has 1 rings (SSSR count). The molecule has 0 bridgehead atoms. The van der Waals surface area contributed by atoms with Gasteiger partial charge in [0, 0.05) is 7.05 Å². The summed E-state index contributed by atoms with van der Waals surface area (Å²) in [5.41, 5.74) is 2.12. The SMILES string of the molecule is C/C=C1/CC[C@@H](C)CC(O)C1=NC. The van der Waals surface area contributed by atoms with E-state index in [-0.39, 0.29) is 6.10 Å². The van der Waals surface area contributed by atoms with Gasteiger partial charge in [0.1, 0.15) is 0 Å². The van der Waals surface area contributed by atoms with Gasteiger partial charge in [-0.3, -0.25) is 4.99 Å². The van der Waals surface area contributed by atoms with Crippen molar-refractivity contribution in [2.24, 2.45) is 10.9 Å². The molecule has 0 aromatic carbocycles. The summed E-state index contributed by atoms with van der Waals surface area (Å²) >= 11 is 0. The van der Waals surface area contributed by atoms with Gasteiger partial charge in [-0.25, -0.2) is 0 Å². The van der Waals surface area contributed by atoms with E-state index in [0.29, 0.717) is 5.92 Å². The number of aliphatic hydroxyl groups is 1. The fourth-order valence-electron chi connectivity index (χ4n) is 1.94. The first-order valence-corrected chi connectivity index (χ1v) is 4.99. The van der Waals surface area contributed by atoms with E-state index in [2.05, 4.69) is 18.0 Å². The molecule has 0 aromatic rings. The second-order valence-electron chi connectivity index (χ2n) is 3.82.